The number of thiazole rings is 1. The third-order valence-corrected chi connectivity index (χ3v) is 2.98. The number of hydrazine groups is 1. The van der Waals surface area contributed by atoms with Crippen LogP contribution in [-0.2, 0) is 4.74 Å². The molecule has 0 aliphatic carbocycles. The smallest absolute Gasteiger partial charge is 0.426 e. The van der Waals surface area contributed by atoms with Crippen LogP contribution in [0.15, 0.2) is 3.79 Å². The van der Waals surface area contributed by atoms with Gasteiger partial charge < -0.3 is 4.74 Å². The minimum absolute atomic E-state index is 0.267. The van der Waals surface area contributed by atoms with Crippen molar-refractivity contribution in [2.24, 2.45) is 0 Å². The number of rotatable bonds is 2. The molecule has 0 bridgehead atoms. The van der Waals surface area contributed by atoms with E-state index in [4.69, 9.17) is 10.00 Å². The zero-order valence-corrected chi connectivity index (χ0v) is 11.9. The second-order valence-electron chi connectivity index (χ2n) is 4.01. The second-order valence-corrected chi connectivity index (χ2v) is 6.32. The van der Waals surface area contributed by atoms with Gasteiger partial charge in [0.25, 0.3) is 0 Å². The van der Waals surface area contributed by atoms with Gasteiger partial charge in [-0.25, -0.2) is 15.2 Å². The normalized spacial score (nSPS) is 10.5. The van der Waals surface area contributed by atoms with E-state index in [1.807, 2.05) is 6.07 Å². The minimum atomic E-state index is -0.609. The molecule has 1 rings (SSSR count). The Morgan fingerprint density at radius 2 is 2.24 bits per heavy atom. The molecule has 0 spiro atoms. The summed E-state index contributed by atoms with van der Waals surface area (Å²) in [5, 5.41) is 9.09. The molecule has 0 saturated carbocycles. The molecule has 1 amide bonds. The number of hydrogen-bond acceptors (Lipinski definition) is 6. The first-order valence-corrected chi connectivity index (χ1v) is 6.24. The highest BCUT2D eigenvalue weighted by molar-refractivity contribution is 9.11. The summed E-state index contributed by atoms with van der Waals surface area (Å²) in [5.74, 6) is 0. The molecule has 1 aromatic rings. The Bertz CT molecular complexity index is 461. The topological polar surface area (TPSA) is 87.0 Å². The van der Waals surface area contributed by atoms with Gasteiger partial charge in [0.1, 0.15) is 15.5 Å². The van der Waals surface area contributed by atoms with Crippen LogP contribution in [0.5, 0.6) is 0 Å². The first kappa shape index (κ1) is 13.7. The molecule has 0 fully saturated rings. The maximum Gasteiger partial charge on any atom is 0.426 e. The molecule has 0 radical (unpaired) electrons. The van der Waals surface area contributed by atoms with Crippen molar-refractivity contribution in [2.75, 3.05) is 5.43 Å². The number of halogens is 1. The summed E-state index contributed by atoms with van der Waals surface area (Å²) in [5.41, 5.74) is 4.60. The van der Waals surface area contributed by atoms with Gasteiger partial charge in [0.15, 0.2) is 5.69 Å². The van der Waals surface area contributed by atoms with Gasteiger partial charge in [-0.15, -0.1) is 0 Å². The molecule has 1 heterocycles. The first-order valence-electron chi connectivity index (χ1n) is 4.63. The number of carbonyl (C=O) groups is 1. The molecule has 17 heavy (non-hydrogen) atoms. The molecule has 0 aliphatic heterocycles. The van der Waals surface area contributed by atoms with Crippen LogP contribution in [-0.4, -0.2) is 16.7 Å². The minimum Gasteiger partial charge on any atom is -0.443 e. The average Bonchev–Trinajstić information content (AvgIpc) is 2.53. The predicted molar refractivity (Wildman–Crippen MR) is 67.5 cm³/mol. The lowest BCUT2D eigenvalue weighted by Crippen LogP contribution is -2.35. The van der Waals surface area contributed by atoms with E-state index >= 15 is 0 Å². The van der Waals surface area contributed by atoms with Crippen molar-refractivity contribution in [1.29, 1.82) is 5.26 Å². The number of nitrogens with zero attached hydrogens (tertiary/aromatic N) is 2. The maximum absolute atomic E-state index is 11.3. The number of aromatic nitrogens is 1. The van der Waals surface area contributed by atoms with Crippen molar-refractivity contribution >= 4 is 38.5 Å². The molecule has 92 valence electrons. The van der Waals surface area contributed by atoms with Crippen molar-refractivity contribution < 1.29 is 9.53 Å². The SMILES string of the molecule is CC(C)(C)OC(=O)NNc1nc(C#N)c(Br)s1. The summed E-state index contributed by atoms with van der Waals surface area (Å²) in [4.78, 5) is 15.2. The lowest BCUT2D eigenvalue weighted by atomic mass is 10.2. The number of nitriles is 1. The fourth-order valence-electron chi connectivity index (χ4n) is 0.832. The molecular weight excluding hydrogens is 308 g/mol. The molecule has 6 nitrogen and oxygen atoms in total. The van der Waals surface area contributed by atoms with Crippen LogP contribution in [0.2, 0.25) is 0 Å². The van der Waals surface area contributed by atoms with Gasteiger partial charge in [-0.05, 0) is 36.7 Å². The molecule has 0 unspecified atom stereocenters. The van der Waals surface area contributed by atoms with Crippen molar-refractivity contribution in [3.8, 4) is 6.07 Å². The standard InChI is InChI=1S/C9H11BrN4O2S/c1-9(2,3)16-8(15)14-13-7-12-5(4-11)6(10)17-7/h1-3H3,(H,12,13)(H,14,15). The van der Waals surface area contributed by atoms with Gasteiger partial charge in [0.05, 0.1) is 0 Å². The van der Waals surface area contributed by atoms with Crippen LogP contribution in [0.4, 0.5) is 9.93 Å². The summed E-state index contributed by atoms with van der Waals surface area (Å²) in [6.07, 6.45) is -0.609. The fraction of sp³-hybridized carbons (Fsp3) is 0.444. The Labute approximate surface area is 111 Å². The maximum atomic E-state index is 11.3. The molecular formula is C9H11BrN4O2S. The zero-order valence-electron chi connectivity index (χ0n) is 9.50. The monoisotopic (exact) mass is 318 g/mol. The van der Waals surface area contributed by atoms with Crippen molar-refractivity contribution in [2.45, 2.75) is 26.4 Å². The van der Waals surface area contributed by atoms with E-state index < -0.39 is 11.7 Å². The number of nitrogens with one attached hydrogen (secondary N) is 2. The second kappa shape index (κ2) is 5.33. The molecule has 8 heteroatoms. The number of amides is 1. The van der Waals surface area contributed by atoms with Crippen molar-refractivity contribution in [3.63, 3.8) is 0 Å². The lowest BCUT2D eigenvalue weighted by Gasteiger charge is -2.19. The summed E-state index contributed by atoms with van der Waals surface area (Å²) in [7, 11) is 0. The number of ether oxygens (including phenoxy) is 1. The summed E-state index contributed by atoms with van der Waals surface area (Å²) in [6, 6.07) is 1.91. The highest BCUT2D eigenvalue weighted by atomic mass is 79.9. The van der Waals surface area contributed by atoms with Crippen LogP contribution in [0.25, 0.3) is 0 Å². The molecule has 2 N–H and O–H groups in total. The Hall–Kier alpha value is -1.33. The summed E-state index contributed by atoms with van der Waals surface area (Å²) >= 11 is 4.38. The van der Waals surface area contributed by atoms with Crippen LogP contribution in [0.3, 0.4) is 0 Å². The lowest BCUT2D eigenvalue weighted by molar-refractivity contribution is 0.0541. The van der Waals surface area contributed by atoms with E-state index in [0.717, 1.165) is 0 Å². The summed E-state index contributed by atoms with van der Waals surface area (Å²) < 4.78 is 5.62. The Balaban J connectivity index is 2.51. The fourth-order valence-corrected chi connectivity index (χ4v) is 2.07. The average molecular weight is 319 g/mol. The highest BCUT2D eigenvalue weighted by Crippen LogP contribution is 2.27. The van der Waals surface area contributed by atoms with Gasteiger partial charge in [-0.1, -0.05) is 11.3 Å². The van der Waals surface area contributed by atoms with Gasteiger partial charge in [-0.2, -0.15) is 5.26 Å². The molecule has 0 saturated heterocycles. The van der Waals surface area contributed by atoms with E-state index in [1.165, 1.54) is 11.3 Å². The highest BCUT2D eigenvalue weighted by Gasteiger charge is 2.16. The van der Waals surface area contributed by atoms with E-state index in [-0.39, 0.29) is 5.69 Å². The van der Waals surface area contributed by atoms with Crippen LogP contribution < -0.4 is 10.9 Å². The van der Waals surface area contributed by atoms with Crippen LogP contribution in [0.1, 0.15) is 26.5 Å². The Morgan fingerprint density at radius 1 is 1.59 bits per heavy atom. The first-order chi connectivity index (χ1) is 7.81. The van der Waals surface area contributed by atoms with Gasteiger partial charge in [0, 0.05) is 0 Å². The van der Waals surface area contributed by atoms with Gasteiger partial charge >= 0.3 is 6.09 Å². The Morgan fingerprint density at radius 3 is 2.71 bits per heavy atom. The molecule has 0 aliphatic rings. The van der Waals surface area contributed by atoms with Gasteiger partial charge in [-0.3, -0.25) is 5.43 Å². The third-order valence-electron chi connectivity index (χ3n) is 1.36. The zero-order chi connectivity index (χ0) is 13.1. The van der Waals surface area contributed by atoms with E-state index in [0.29, 0.717) is 8.92 Å². The molecule has 0 aromatic carbocycles. The molecule has 0 atom stereocenters. The van der Waals surface area contributed by atoms with E-state index in [1.54, 1.807) is 20.8 Å². The van der Waals surface area contributed by atoms with Crippen LogP contribution in [0, 0.1) is 11.3 Å². The van der Waals surface area contributed by atoms with E-state index in [9.17, 15) is 4.79 Å². The molecule has 1 aromatic heterocycles. The Kier molecular flexibility index (Phi) is 4.31. The number of hydrogen-bond donors (Lipinski definition) is 2. The van der Waals surface area contributed by atoms with Crippen molar-refractivity contribution in [3.05, 3.63) is 9.48 Å². The van der Waals surface area contributed by atoms with Crippen LogP contribution >= 0.6 is 27.3 Å². The van der Waals surface area contributed by atoms with E-state index in [2.05, 4.69) is 31.8 Å². The predicted octanol–water partition coefficient (Wildman–Crippen LogP) is 2.63. The number of carbonyl (C=O) groups excluding carboxylic acids is 1. The van der Waals surface area contributed by atoms with Gasteiger partial charge in [0.2, 0.25) is 5.13 Å². The quantitative estimate of drug-likeness (QED) is 0.818. The largest absolute Gasteiger partial charge is 0.443 e. The number of anilines is 1. The third kappa shape index (κ3) is 4.58. The van der Waals surface area contributed by atoms with Crippen molar-refractivity contribution in [1.82, 2.24) is 10.4 Å². The summed E-state index contributed by atoms with van der Waals surface area (Å²) in [6.45, 7) is 5.29.